The molecule has 0 spiro atoms. The number of fused-ring (bicyclic) bond motifs is 1. The third kappa shape index (κ3) is 2.14. The molecule has 1 aromatic heterocycles. The topological polar surface area (TPSA) is 15.8 Å². The molecule has 0 bridgehead atoms. The normalized spacial score (nSPS) is 16.6. The molecule has 1 nitrogen and oxygen atoms in total. The monoisotopic (exact) mass is 251 g/mol. The molecular weight excluding hydrogens is 230 g/mol. The molecule has 2 aromatic rings. The van der Waals surface area contributed by atoms with E-state index in [9.17, 15) is 0 Å². The molecule has 0 radical (unpaired) electrons. The maximum atomic E-state index is 4.18. The first kappa shape index (κ1) is 12.3. The second-order valence-electron chi connectivity index (χ2n) is 5.52. The van der Waals surface area contributed by atoms with Gasteiger partial charge in [-0.3, -0.25) is 0 Å². The van der Waals surface area contributed by atoms with Gasteiger partial charge in [0.2, 0.25) is 0 Å². The predicted octanol–water partition coefficient (Wildman–Crippen LogP) is 5.41. The fraction of sp³-hybridized carbons (Fsp3) is 0.333. The van der Waals surface area contributed by atoms with Gasteiger partial charge in [0.25, 0.3) is 0 Å². The Bertz CT molecular complexity index is 612. The van der Waals surface area contributed by atoms with Gasteiger partial charge < -0.3 is 4.98 Å². The molecule has 1 aliphatic rings. The Morgan fingerprint density at radius 2 is 1.89 bits per heavy atom. The summed E-state index contributed by atoms with van der Waals surface area (Å²) in [6, 6.07) is 8.52. The molecule has 1 heterocycles. The maximum absolute atomic E-state index is 4.18. The third-order valence-electron chi connectivity index (χ3n) is 4.32. The average Bonchev–Trinajstić information content (AvgIpc) is 2.87. The van der Waals surface area contributed by atoms with Gasteiger partial charge in [0.05, 0.1) is 0 Å². The third-order valence-corrected chi connectivity index (χ3v) is 4.32. The van der Waals surface area contributed by atoms with Crippen molar-refractivity contribution < 1.29 is 0 Å². The summed E-state index contributed by atoms with van der Waals surface area (Å²) in [5, 5.41) is 1.29. The van der Waals surface area contributed by atoms with Crippen molar-refractivity contribution >= 4 is 16.5 Å². The van der Waals surface area contributed by atoms with Crippen LogP contribution in [-0.4, -0.2) is 4.98 Å². The maximum Gasteiger partial charge on any atom is 0.0462 e. The number of rotatable bonds is 3. The summed E-state index contributed by atoms with van der Waals surface area (Å²) in [7, 11) is 0. The number of allylic oxidation sites excluding steroid dienone is 2. The number of H-pyrrole nitrogens is 1. The second-order valence-corrected chi connectivity index (χ2v) is 5.52. The number of hydrogen-bond donors (Lipinski definition) is 1. The molecule has 0 aliphatic heterocycles. The zero-order valence-corrected chi connectivity index (χ0v) is 11.4. The summed E-state index contributed by atoms with van der Waals surface area (Å²) < 4.78 is 0. The second kappa shape index (κ2) is 5.08. The first-order valence-electron chi connectivity index (χ1n) is 7.23. The summed E-state index contributed by atoms with van der Waals surface area (Å²) in [6.45, 7) is 8.08. The van der Waals surface area contributed by atoms with E-state index in [4.69, 9.17) is 0 Å². The first-order chi connectivity index (χ1) is 9.31. The lowest BCUT2D eigenvalue weighted by Crippen LogP contribution is -2.06. The van der Waals surface area contributed by atoms with Gasteiger partial charge in [-0.2, -0.15) is 0 Å². The van der Waals surface area contributed by atoms with Crippen LogP contribution in [0.2, 0.25) is 0 Å². The minimum Gasteiger partial charge on any atom is -0.358 e. The van der Waals surface area contributed by atoms with E-state index in [0.717, 1.165) is 5.57 Å². The SMILES string of the molecule is C=CC(=C)c1c(C2CCCCC2)[nH]c2ccccc12. The number of benzene rings is 1. The largest absolute Gasteiger partial charge is 0.358 e. The van der Waals surface area contributed by atoms with Crippen LogP contribution in [0.5, 0.6) is 0 Å². The molecule has 0 amide bonds. The zero-order valence-electron chi connectivity index (χ0n) is 11.4. The van der Waals surface area contributed by atoms with E-state index in [1.165, 1.54) is 54.3 Å². The minimum absolute atomic E-state index is 0.660. The first-order valence-corrected chi connectivity index (χ1v) is 7.23. The van der Waals surface area contributed by atoms with E-state index in [1.54, 1.807) is 0 Å². The van der Waals surface area contributed by atoms with Gasteiger partial charge in [-0.25, -0.2) is 0 Å². The van der Waals surface area contributed by atoms with Crippen molar-refractivity contribution in [2.24, 2.45) is 0 Å². The highest BCUT2D eigenvalue weighted by molar-refractivity contribution is 5.96. The van der Waals surface area contributed by atoms with Gasteiger partial charge in [0.15, 0.2) is 0 Å². The smallest absolute Gasteiger partial charge is 0.0462 e. The van der Waals surface area contributed by atoms with Crippen LogP contribution in [0.25, 0.3) is 16.5 Å². The molecule has 1 aliphatic carbocycles. The molecule has 1 aromatic carbocycles. The van der Waals surface area contributed by atoms with Crippen LogP contribution < -0.4 is 0 Å². The van der Waals surface area contributed by atoms with Crippen LogP contribution in [0.4, 0.5) is 0 Å². The lowest BCUT2D eigenvalue weighted by Gasteiger charge is -2.22. The van der Waals surface area contributed by atoms with Crippen molar-refractivity contribution in [3.63, 3.8) is 0 Å². The molecule has 0 atom stereocenters. The molecule has 19 heavy (non-hydrogen) atoms. The van der Waals surface area contributed by atoms with Crippen molar-refractivity contribution in [1.82, 2.24) is 4.98 Å². The quantitative estimate of drug-likeness (QED) is 0.701. The Kier molecular flexibility index (Phi) is 3.29. The fourth-order valence-electron chi connectivity index (χ4n) is 3.31. The van der Waals surface area contributed by atoms with Gasteiger partial charge >= 0.3 is 0 Å². The zero-order chi connectivity index (χ0) is 13.2. The molecule has 0 unspecified atom stereocenters. The Balaban J connectivity index is 2.16. The van der Waals surface area contributed by atoms with Crippen LogP contribution >= 0.6 is 0 Å². The molecule has 1 heteroatoms. The summed E-state index contributed by atoms with van der Waals surface area (Å²) >= 11 is 0. The lowest BCUT2D eigenvalue weighted by atomic mass is 9.84. The van der Waals surface area contributed by atoms with Crippen LogP contribution in [0.1, 0.15) is 49.3 Å². The number of aromatic nitrogens is 1. The molecular formula is C18H21N. The fourth-order valence-corrected chi connectivity index (χ4v) is 3.31. The van der Waals surface area contributed by atoms with E-state index in [0.29, 0.717) is 5.92 Å². The van der Waals surface area contributed by atoms with E-state index in [-0.39, 0.29) is 0 Å². The molecule has 3 rings (SSSR count). The summed E-state index contributed by atoms with van der Waals surface area (Å²) in [4.78, 5) is 3.64. The Morgan fingerprint density at radius 1 is 1.16 bits per heavy atom. The van der Waals surface area contributed by atoms with Gasteiger partial charge in [-0.05, 0) is 30.4 Å². The Hall–Kier alpha value is -1.76. The average molecular weight is 251 g/mol. The van der Waals surface area contributed by atoms with Gasteiger partial charge in [-0.15, -0.1) is 0 Å². The van der Waals surface area contributed by atoms with Crippen LogP contribution in [-0.2, 0) is 0 Å². The van der Waals surface area contributed by atoms with Crippen molar-refractivity contribution in [1.29, 1.82) is 0 Å². The highest BCUT2D eigenvalue weighted by Crippen LogP contribution is 2.39. The number of aromatic amines is 1. The molecule has 0 saturated heterocycles. The Morgan fingerprint density at radius 3 is 2.63 bits per heavy atom. The van der Waals surface area contributed by atoms with E-state index in [1.807, 2.05) is 6.08 Å². The Labute approximate surface area is 115 Å². The minimum atomic E-state index is 0.660. The lowest BCUT2D eigenvalue weighted by molar-refractivity contribution is 0.438. The number of para-hydroxylation sites is 1. The van der Waals surface area contributed by atoms with Crippen LogP contribution in [0.15, 0.2) is 43.5 Å². The van der Waals surface area contributed by atoms with Crippen LogP contribution in [0.3, 0.4) is 0 Å². The van der Waals surface area contributed by atoms with Crippen molar-refractivity contribution in [3.05, 3.63) is 54.8 Å². The summed E-state index contributed by atoms with van der Waals surface area (Å²) in [5.41, 5.74) is 4.93. The van der Waals surface area contributed by atoms with Gasteiger partial charge in [0.1, 0.15) is 0 Å². The van der Waals surface area contributed by atoms with E-state index in [2.05, 4.69) is 42.4 Å². The molecule has 1 saturated carbocycles. The summed E-state index contributed by atoms with van der Waals surface area (Å²) in [5.74, 6) is 0.660. The number of hydrogen-bond acceptors (Lipinski definition) is 0. The highest BCUT2D eigenvalue weighted by atomic mass is 14.7. The van der Waals surface area contributed by atoms with Gasteiger partial charge in [-0.1, -0.05) is 56.7 Å². The molecule has 1 fully saturated rings. The van der Waals surface area contributed by atoms with Gasteiger partial charge in [0, 0.05) is 22.2 Å². The van der Waals surface area contributed by atoms with Crippen LogP contribution in [0, 0.1) is 0 Å². The predicted molar refractivity (Wildman–Crippen MR) is 83.4 cm³/mol. The van der Waals surface area contributed by atoms with Crippen molar-refractivity contribution in [2.75, 3.05) is 0 Å². The highest BCUT2D eigenvalue weighted by Gasteiger charge is 2.22. The van der Waals surface area contributed by atoms with Crippen molar-refractivity contribution in [3.8, 4) is 0 Å². The van der Waals surface area contributed by atoms with Crippen molar-refractivity contribution in [2.45, 2.75) is 38.0 Å². The van der Waals surface area contributed by atoms with E-state index >= 15 is 0 Å². The standard InChI is InChI=1S/C18H21N/c1-3-13(2)17-15-11-7-8-12-16(15)19-18(17)14-9-5-4-6-10-14/h3,7-8,11-12,14,19H,1-2,4-6,9-10H2. The molecule has 1 N–H and O–H groups in total. The number of nitrogens with one attached hydrogen (secondary N) is 1. The molecule has 98 valence electrons. The van der Waals surface area contributed by atoms with E-state index < -0.39 is 0 Å². The summed E-state index contributed by atoms with van der Waals surface area (Å²) in [6.07, 6.45) is 8.55.